The number of nitrogens with one attached hydrogen (secondary N) is 1. The molecule has 8 atom stereocenters. The van der Waals surface area contributed by atoms with E-state index in [0.717, 1.165) is 30.1 Å². The number of terminal acetylenes is 3. The van der Waals surface area contributed by atoms with Crippen molar-refractivity contribution < 1.29 is 9.90 Å². The first-order valence-electron chi connectivity index (χ1n) is 21.9. The summed E-state index contributed by atoms with van der Waals surface area (Å²) < 4.78 is 2.61. The molecular weight excluding hydrogens is 719 g/mol. The van der Waals surface area contributed by atoms with E-state index in [0.29, 0.717) is 27.9 Å². The molecule has 0 spiro atoms. The fraction of sp³-hybridized carbons (Fsp3) is 0.667. The zero-order valence-corrected chi connectivity index (χ0v) is 37.4. The van der Waals surface area contributed by atoms with Gasteiger partial charge in [-0.3, -0.25) is 4.90 Å². The Balaban J connectivity index is 0.000000899. The summed E-state index contributed by atoms with van der Waals surface area (Å²) in [5.41, 5.74) is 4.27. The van der Waals surface area contributed by atoms with Gasteiger partial charge in [-0.05, 0) is 140 Å². The van der Waals surface area contributed by atoms with Gasteiger partial charge in [0, 0.05) is 50.6 Å². The Morgan fingerprint density at radius 2 is 1.53 bits per heavy atom. The summed E-state index contributed by atoms with van der Waals surface area (Å²) in [6.07, 6.45) is 44.8. The largest absolute Gasteiger partial charge is 0.478 e. The number of unbranched alkanes of at least 4 members (excludes halogenated alkanes) is 1. The number of carboxylic acid groups (broad SMARTS) is 1. The molecule has 1 aromatic carbocycles. The average molecular weight is 796 g/mol. The van der Waals surface area contributed by atoms with Gasteiger partial charge in [0.2, 0.25) is 0 Å². The van der Waals surface area contributed by atoms with Gasteiger partial charge in [0.15, 0.2) is 0 Å². The Labute approximate surface area is 354 Å². The molecule has 7 rings (SSSR count). The molecular formula is C51H77N3O2S. The molecule has 1 aromatic rings. The van der Waals surface area contributed by atoms with E-state index in [4.69, 9.17) is 0 Å². The number of nitrogens with zero attached hydrogens (tertiary/aromatic N) is 2. The summed E-state index contributed by atoms with van der Waals surface area (Å²) in [6, 6.07) is 7.68. The summed E-state index contributed by atoms with van der Waals surface area (Å²) in [6.45, 7) is 25.2. The molecule has 314 valence electrons. The molecule has 4 unspecified atom stereocenters. The van der Waals surface area contributed by atoms with Gasteiger partial charge in [-0.2, -0.15) is 0 Å². The van der Waals surface area contributed by atoms with E-state index in [1.165, 1.54) is 127 Å². The maximum absolute atomic E-state index is 11.5. The molecule has 6 aliphatic rings. The van der Waals surface area contributed by atoms with Crippen LogP contribution in [0.25, 0.3) is 5.57 Å². The van der Waals surface area contributed by atoms with Gasteiger partial charge in [0.1, 0.15) is 0 Å². The van der Waals surface area contributed by atoms with Gasteiger partial charge in [-0.25, -0.2) is 9.10 Å². The molecule has 0 bridgehead atoms. The molecule has 6 heteroatoms. The van der Waals surface area contributed by atoms with Crippen LogP contribution in [0, 0.1) is 84.4 Å². The summed E-state index contributed by atoms with van der Waals surface area (Å²) in [7, 11) is 0. The van der Waals surface area contributed by atoms with Crippen molar-refractivity contribution in [2.45, 2.75) is 124 Å². The first-order chi connectivity index (χ1) is 27.4. The van der Waals surface area contributed by atoms with E-state index < -0.39 is 5.97 Å². The highest BCUT2D eigenvalue weighted by molar-refractivity contribution is 7.97. The third kappa shape index (κ3) is 10.1. The predicted octanol–water partition coefficient (Wildman–Crippen LogP) is 11.2. The van der Waals surface area contributed by atoms with Gasteiger partial charge in [0.05, 0.1) is 5.56 Å². The van der Waals surface area contributed by atoms with Crippen LogP contribution in [0.5, 0.6) is 0 Å². The summed E-state index contributed by atoms with van der Waals surface area (Å²) in [5, 5.41) is 13.8. The molecule has 1 heterocycles. The molecule has 5 aliphatic carbocycles. The number of rotatable bonds is 10. The monoisotopic (exact) mass is 796 g/mol. The molecule has 0 radical (unpaired) electrons. The second-order valence-electron chi connectivity index (χ2n) is 18.4. The number of allylic oxidation sites excluding steroid dienone is 3. The highest BCUT2D eigenvalue weighted by atomic mass is 32.2. The summed E-state index contributed by atoms with van der Waals surface area (Å²) in [5.74, 6) is 4.53. The lowest BCUT2D eigenvalue weighted by molar-refractivity contribution is -0.172. The molecule has 4 saturated carbocycles. The fourth-order valence-corrected chi connectivity index (χ4v) is 14.4. The molecule has 1 aliphatic heterocycles. The summed E-state index contributed by atoms with van der Waals surface area (Å²) in [4.78, 5) is 14.2. The molecule has 2 N–H and O–H groups in total. The van der Waals surface area contributed by atoms with Crippen LogP contribution in [0.2, 0.25) is 0 Å². The van der Waals surface area contributed by atoms with E-state index in [1.54, 1.807) is 18.2 Å². The van der Waals surface area contributed by atoms with Crippen molar-refractivity contribution in [1.82, 2.24) is 14.5 Å². The molecule has 5 nitrogen and oxygen atoms in total. The molecule has 5 fully saturated rings. The molecule has 0 aromatic heterocycles. The van der Waals surface area contributed by atoms with Crippen LogP contribution in [0.15, 0.2) is 43.0 Å². The third-order valence-electron chi connectivity index (χ3n) is 15.5. The lowest BCUT2D eigenvalue weighted by Gasteiger charge is -2.68. The maximum Gasteiger partial charge on any atom is 0.335 e. The Bertz CT molecular complexity index is 1500. The van der Waals surface area contributed by atoms with Gasteiger partial charge in [0.25, 0.3) is 0 Å². The zero-order valence-electron chi connectivity index (χ0n) is 36.6. The van der Waals surface area contributed by atoms with Crippen molar-refractivity contribution in [3.05, 3.63) is 54.1 Å². The van der Waals surface area contributed by atoms with E-state index in [9.17, 15) is 9.90 Å². The number of aromatic carboxylic acids is 1. The van der Waals surface area contributed by atoms with Gasteiger partial charge >= 0.3 is 5.97 Å². The van der Waals surface area contributed by atoms with Crippen molar-refractivity contribution in [3.63, 3.8) is 0 Å². The first-order valence-corrected chi connectivity index (χ1v) is 22.8. The van der Waals surface area contributed by atoms with E-state index >= 15 is 0 Å². The van der Waals surface area contributed by atoms with Crippen molar-refractivity contribution >= 4 is 23.5 Å². The van der Waals surface area contributed by atoms with Crippen molar-refractivity contribution in [1.29, 1.82) is 0 Å². The van der Waals surface area contributed by atoms with E-state index in [1.807, 2.05) is 6.92 Å². The number of hydrogen-bond acceptors (Lipinski definition) is 5. The lowest BCUT2D eigenvalue weighted by Crippen LogP contribution is -2.63. The number of carboxylic acids is 1. The second kappa shape index (κ2) is 21.9. The number of hydrogen-bond donors (Lipinski definition) is 2. The van der Waals surface area contributed by atoms with Crippen LogP contribution in [0.4, 0.5) is 0 Å². The Hall–Kier alpha value is -2.92. The van der Waals surface area contributed by atoms with Crippen molar-refractivity contribution in [2.24, 2.45) is 45.8 Å². The van der Waals surface area contributed by atoms with Crippen molar-refractivity contribution in [2.75, 3.05) is 45.0 Å². The molecule has 57 heavy (non-hydrogen) atoms. The first kappa shape index (κ1) is 48.4. The topological polar surface area (TPSA) is 55.8 Å². The third-order valence-corrected chi connectivity index (χ3v) is 16.7. The SMILES string of the molecule is C#C.C#C.C#C.C=CC.CCCCSN1CCN(CCN[C@]23CCCC2[C@H]2CCC4[C@@](C)(CCC5C(C)(C)C(c6ccc(C(=O)O)cc6)=CC[C@@]54C)C2CC3)CC1. The van der Waals surface area contributed by atoms with E-state index in [2.05, 4.69) is 124 Å². The summed E-state index contributed by atoms with van der Waals surface area (Å²) >= 11 is 2.08. The van der Waals surface area contributed by atoms with Crippen LogP contribution in [0.3, 0.4) is 0 Å². The number of piperazine rings is 1. The zero-order chi connectivity index (χ0) is 42.4. The van der Waals surface area contributed by atoms with Gasteiger partial charge < -0.3 is 10.4 Å². The normalized spacial score (nSPS) is 33.6. The van der Waals surface area contributed by atoms with Gasteiger partial charge in [-0.15, -0.1) is 45.1 Å². The molecule has 1 saturated heterocycles. The van der Waals surface area contributed by atoms with Crippen LogP contribution < -0.4 is 5.32 Å². The Morgan fingerprint density at radius 1 is 0.877 bits per heavy atom. The minimum absolute atomic E-state index is 0.0769. The van der Waals surface area contributed by atoms with Crippen LogP contribution >= 0.6 is 11.9 Å². The van der Waals surface area contributed by atoms with Crippen molar-refractivity contribution in [3.8, 4) is 38.5 Å². The maximum atomic E-state index is 11.5. The minimum Gasteiger partial charge on any atom is -0.478 e. The Morgan fingerprint density at radius 3 is 2.14 bits per heavy atom. The second-order valence-corrected chi connectivity index (χ2v) is 19.6. The standard InChI is InChI=1S/C42H65N3O2S.C3H6.3C2H2/c1-6-7-29-48-45-27-25-44(26-28-45)24-23-43-42-19-8-9-35(42)32-14-15-37-40(4,34(32)17-22-42)21-18-36-39(2,3)33(16-20-41(36,37)5)30-10-12-31(13-11-30)38(46)47;1-3-2;3*1-2/h10-13,16,32,34-37,43H,6-9,14-15,17-29H2,1-5H3,(H,46,47);3H,1H2,2H3;3*1-2H/t32-,34?,35?,36?,37?,40-,41-,42-;;;;/m0..../s1. The quantitative estimate of drug-likeness (QED) is 0.106. The fourth-order valence-electron chi connectivity index (χ4n) is 13.3. The number of carbonyl (C=O) groups is 1. The Kier molecular flexibility index (Phi) is 18.6. The smallest absolute Gasteiger partial charge is 0.335 e. The van der Waals surface area contributed by atoms with Gasteiger partial charge in [-0.1, -0.05) is 83.7 Å². The van der Waals surface area contributed by atoms with Crippen LogP contribution in [-0.2, 0) is 0 Å². The van der Waals surface area contributed by atoms with E-state index in [-0.39, 0.29) is 5.41 Å². The molecule has 0 amide bonds. The lowest BCUT2D eigenvalue weighted by atomic mass is 9.37. The number of benzene rings is 1. The number of fused-ring (bicyclic) bond motifs is 7. The highest BCUT2D eigenvalue weighted by Crippen LogP contribution is 2.72. The highest BCUT2D eigenvalue weighted by Gasteiger charge is 2.65. The minimum atomic E-state index is -0.845. The van der Waals surface area contributed by atoms with Crippen LogP contribution in [-0.4, -0.2) is 70.8 Å². The predicted molar refractivity (Wildman–Crippen MR) is 247 cm³/mol. The average Bonchev–Trinajstić information content (AvgIpc) is 3.65. The van der Waals surface area contributed by atoms with Crippen LogP contribution in [0.1, 0.15) is 135 Å².